The summed E-state index contributed by atoms with van der Waals surface area (Å²) in [5.41, 5.74) is 2.91. The molecule has 1 fully saturated rings. The van der Waals surface area contributed by atoms with Crippen LogP contribution in [-0.4, -0.2) is 46.5 Å². The molecule has 0 unspecified atom stereocenters. The standard InChI is InChI=1S/C27H23F3N6OS/c28-27(29,30)19-4-2-17(3-5-19)20-12-21-24(35-20)25(34-15-33-21)36-9-8-31-22(14-36)26(37)32-13-16-1-6-23-18(11-16)7-10-38-23/h1-7,10-12,15,22,31,35H,8-9,13-14H2,(H,32,37)/t22-/m0/s1. The minimum absolute atomic E-state index is 0.0951. The van der Waals surface area contributed by atoms with Gasteiger partial charge in [-0.25, -0.2) is 9.97 Å². The first-order valence-electron chi connectivity index (χ1n) is 12.1. The summed E-state index contributed by atoms with van der Waals surface area (Å²) < 4.78 is 40.1. The summed E-state index contributed by atoms with van der Waals surface area (Å²) >= 11 is 1.69. The molecule has 5 aromatic rings. The number of H-pyrrole nitrogens is 1. The first-order valence-corrected chi connectivity index (χ1v) is 13.0. The number of carbonyl (C=O) groups excluding carboxylic acids is 1. The predicted octanol–water partition coefficient (Wildman–Crippen LogP) is 4.95. The average Bonchev–Trinajstić information content (AvgIpc) is 3.58. The van der Waals surface area contributed by atoms with Crippen LogP contribution in [0, 0.1) is 0 Å². The molecule has 3 aromatic heterocycles. The smallest absolute Gasteiger partial charge is 0.351 e. The molecule has 1 atom stereocenters. The van der Waals surface area contributed by atoms with Gasteiger partial charge in [-0.15, -0.1) is 11.3 Å². The second-order valence-corrected chi connectivity index (χ2v) is 10.1. The molecule has 7 nitrogen and oxygen atoms in total. The van der Waals surface area contributed by atoms with Crippen LogP contribution in [0.15, 0.2) is 66.3 Å². The third kappa shape index (κ3) is 4.82. The van der Waals surface area contributed by atoms with Crippen molar-refractivity contribution in [1.82, 2.24) is 25.6 Å². The third-order valence-electron chi connectivity index (χ3n) is 6.70. The Balaban J connectivity index is 1.17. The first-order chi connectivity index (χ1) is 18.3. The highest BCUT2D eigenvalue weighted by Gasteiger charge is 2.30. The van der Waals surface area contributed by atoms with E-state index in [1.807, 2.05) is 16.3 Å². The van der Waals surface area contributed by atoms with E-state index in [0.29, 0.717) is 54.3 Å². The van der Waals surface area contributed by atoms with Crippen molar-refractivity contribution in [3.8, 4) is 11.3 Å². The highest BCUT2D eigenvalue weighted by Crippen LogP contribution is 2.32. The summed E-state index contributed by atoms with van der Waals surface area (Å²) in [4.78, 5) is 27.1. The summed E-state index contributed by atoms with van der Waals surface area (Å²) in [6.07, 6.45) is -2.93. The van der Waals surface area contributed by atoms with Crippen molar-refractivity contribution < 1.29 is 18.0 Å². The molecule has 0 spiro atoms. The normalized spacial score (nSPS) is 16.3. The van der Waals surface area contributed by atoms with Crippen LogP contribution in [-0.2, 0) is 17.5 Å². The van der Waals surface area contributed by atoms with Gasteiger partial charge in [0.25, 0.3) is 0 Å². The topological polar surface area (TPSA) is 85.9 Å². The van der Waals surface area contributed by atoms with Gasteiger partial charge in [-0.1, -0.05) is 18.2 Å². The van der Waals surface area contributed by atoms with Gasteiger partial charge in [0, 0.05) is 36.6 Å². The van der Waals surface area contributed by atoms with Gasteiger partial charge in [-0.05, 0) is 58.3 Å². The minimum Gasteiger partial charge on any atom is -0.351 e. The lowest BCUT2D eigenvalue weighted by molar-refractivity contribution is -0.137. The highest BCUT2D eigenvalue weighted by molar-refractivity contribution is 7.17. The van der Waals surface area contributed by atoms with E-state index in [1.165, 1.54) is 23.2 Å². The maximum absolute atomic E-state index is 13.0. The number of nitrogens with one attached hydrogen (secondary N) is 3. The molecule has 4 heterocycles. The zero-order valence-corrected chi connectivity index (χ0v) is 20.9. The molecule has 2 aromatic carbocycles. The lowest BCUT2D eigenvalue weighted by Gasteiger charge is -2.33. The van der Waals surface area contributed by atoms with E-state index in [1.54, 1.807) is 17.4 Å². The molecule has 0 radical (unpaired) electrons. The van der Waals surface area contributed by atoms with Crippen LogP contribution < -0.4 is 15.5 Å². The number of aromatic amines is 1. The largest absolute Gasteiger partial charge is 0.416 e. The van der Waals surface area contributed by atoms with E-state index >= 15 is 0 Å². The number of alkyl halides is 3. The number of benzene rings is 2. The lowest BCUT2D eigenvalue weighted by atomic mass is 10.1. The molecular formula is C27H23F3N6OS. The molecule has 0 bridgehead atoms. The van der Waals surface area contributed by atoms with Crippen LogP contribution >= 0.6 is 11.3 Å². The van der Waals surface area contributed by atoms with Crippen molar-refractivity contribution >= 4 is 44.2 Å². The van der Waals surface area contributed by atoms with E-state index in [-0.39, 0.29) is 5.91 Å². The van der Waals surface area contributed by atoms with Gasteiger partial charge < -0.3 is 20.5 Å². The molecule has 38 heavy (non-hydrogen) atoms. The Labute approximate surface area is 219 Å². The monoisotopic (exact) mass is 536 g/mol. The van der Waals surface area contributed by atoms with Crippen LogP contribution in [0.25, 0.3) is 32.4 Å². The second-order valence-electron chi connectivity index (χ2n) is 9.18. The van der Waals surface area contributed by atoms with Crippen molar-refractivity contribution in [3.63, 3.8) is 0 Å². The number of aromatic nitrogens is 3. The fourth-order valence-electron chi connectivity index (χ4n) is 4.72. The van der Waals surface area contributed by atoms with Crippen molar-refractivity contribution in [2.45, 2.75) is 18.8 Å². The number of halogens is 3. The van der Waals surface area contributed by atoms with E-state index in [9.17, 15) is 18.0 Å². The Morgan fingerprint density at radius 1 is 1.11 bits per heavy atom. The molecule has 3 N–H and O–H groups in total. The number of hydrogen-bond donors (Lipinski definition) is 3. The summed E-state index contributed by atoms with van der Waals surface area (Å²) in [5, 5.41) is 9.52. The SMILES string of the molecule is O=C(NCc1ccc2sccc2c1)[C@@H]1CN(c2ncnc3cc(-c4ccc(C(F)(F)F)cc4)[nH]c23)CCN1. The van der Waals surface area contributed by atoms with Gasteiger partial charge in [0.1, 0.15) is 17.9 Å². The van der Waals surface area contributed by atoms with Gasteiger partial charge in [0.15, 0.2) is 5.82 Å². The Bertz CT molecular complexity index is 1610. The number of anilines is 1. The zero-order valence-electron chi connectivity index (χ0n) is 20.0. The Morgan fingerprint density at radius 3 is 2.76 bits per heavy atom. The first kappa shape index (κ1) is 24.4. The summed E-state index contributed by atoms with van der Waals surface area (Å²) in [5.74, 6) is 0.553. The average molecular weight is 537 g/mol. The Hall–Kier alpha value is -3.96. The molecule has 11 heteroatoms. The number of piperazine rings is 1. The number of nitrogens with zero attached hydrogens (tertiary/aromatic N) is 3. The van der Waals surface area contributed by atoms with Crippen LogP contribution in [0.1, 0.15) is 11.1 Å². The number of fused-ring (bicyclic) bond motifs is 2. The fraction of sp³-hybridized carbons (Fsp3) is 0.222. The van der Waals surface area contributed by atoms with Gasteiger partial charge in [-0.2, -0.15) is 13.2 Å². The maximum Gasteiger partial charge on any atom is 0.416 e. The van der Waals surface area contributed by atoms with E-state index < -0.39 is 17.8 Å². The maximum atomic E-state index is 13.0. The van der Waals surface area contributed by atoms with Gasteiger partial charge in [0.05, 0.1) is 11.1 Å². The molecule has 1 aliphatic heterocycles. The molecule has 194 valence electrons. The quantitative estimate of drug-likeness (QED) is 0.296. The number of carbonyl (C=O) groups is 1. The molecule has 1 saturated heterocycles. The second kappa shape index (κ2) is 9.73. The summed E-state index contributed by atoms with van der Waals surface area (Å²) in [7, 11) is 0. The van der Waals surface area contributed by atoms with Gasteiger partial charge in [0.2, 0.25) is 5.91 Å². The molecule has 1 amide bonds. The summed E-state index contributed by atoms with van der Waals surface area (Å²) in [6.45, 7) is 2.08. The molecular weight excluding hydrogens is 513 g/mol. The van der Waals surface area contributed by atoms with Gasteiger partial charge >= 0.3 is 6.18 Å². The van der Waals surface area contributed by atoms with Crippen molar-refractivity contribution in [3.05, 3.63) is 77.4 Å². The number of thiophene rings is 1. The number of amides is 1. The zero-order chi connectivity index (χ0) is 26.3. The molecule has 6 rings (SSSR count). The van der Waals surface area contributed by atoms with Crippen LogP contribution in [0.5, 0.6) is 0 Å². The predicted molar refractivity (Wildman–Crippen MR) is 142 cm³/mol. The van der Waals surface area contributed by atoms with E-state index in [4.69, 9.17) is 0 Å². The third-order valence-corrected chi connectivity index (χ3v) is 7.59. The van der Waals surface area contributed by atoms with E-state index in [2.05, 4.69) is 43.8 Å². The van der Waals surface area contributed by atoms with Crippen LogP contribution in [0.4, 0.5) is 19.0 Å². The molecule has 0 saturated carbocycles. The van der Waals surface area contributed by atoms with Crippen molar-refractivity contribution in [1.29, 1.82) is 0 Å². The lowest BCUT2D eigenvalue weighted by Crippen LogP contribution is -2.57. The van der Waals surface area contributed by atoms with Gasteiger partial charge in [-0.3, -0.25) is 4.79 Å². The fourth-order valence-corrected chi connectivity index (χ4v) is 5.49. The Morgan fingerprint density at radius 2 is 1.95 bits per heavy atom. The minimum atomic E-state index is -4.39. The number of hydrogen-bond acceptors (Lipinski definition) is 6. The van der Waals surface area contributed by atoms with Crippen LogP contribution in [0.2, 0.25) is 0 Å². The van der Waals surface area contributed by atoms with Crippen molar-refractivity contribution in [2.75, 3.05) is 24.5 Å². The highest BCUT2D eigenvalue weighted by atomic mass is 32.1. The molecule has 0 aliphatic carbocycles. The van der Waals surface area contributed by atoms with Crippen molar-refractivity contribution in [2.24, 2.45) is 0 Å². The Kier molecular flexibility index (Phi) is 6.24. The molecule has 1 aliphatic rings. The van der Waals surface area contributed by atoms with Crippen LogP contribution in [0.3, 0.4) is 0 Å². The van der Waals surface area contributed by atoms with E-state index in [0.717, 1.165) is 23.1 Å². The summed E-state index contributed by atoms with van der Waals surface area (Å²) in [6, 6.07) is 14.6. The number of rotatable bonds is 5.